The molecule has 0 aliphatic heterocycles. The third kappa shape index (κ3) is 5.75. The minimum absolute atomic E-state index is 0.100. The van der Waals surface area contributed by atoms with Gasteiger partial charge in [-0.1, -0.05) is 24.3 Å². The molecule has 0 radical (unpaired) electrons. The van der Waals surface area contributed by atoms with Crippen LogP contribution in [0.1, 0.15) is 24.2 Å². The van der Waals surface area contributed by atoms with Crippen LogP contribution in [-0.4, -0.2) is 42.6 Å². The summed E-state index contributed by atoms with van der Waals surface area (Å²) in [5, 5.41) is 19.4. The van der Waals surface area contributed by atoms with Crippen LogP contribution in [0.25, 0.3) is 0 Å². The summed E-state index contributed by atoms with van der Waals surface area (Å²) in [6, 6.07) is 14.3. The Labute approximate surface area is 152 Å². The Morgan fingerprint density at radius 2 is 1.85 bits per heavy atom. The highest BCUT2D eigenvalue weighted by Crippen LogP contribution is 2.21. The van der Waals surface area contributed by atoms with E-state index >= 15 is 0 Å². The highest BCUT2D eigenvalue weighted by molar-refractivity contribution is 5.72. The van der Waals surface area contributed by atoms with Crippen LogP contribution in [0.15, 0.2) is 48.5 Å². The Morgan fingerprint density at radius 3 is 2.46 bits per heavy atom. The second-order valence-electron chi connectivity index (χ2n) is 5.73. The van der Waals surface area contributed by atoms with Crippen LogP contribution < -0.4 is 9.47 Å². The van der Waals surface area contributed by atoms with Crippen LogP contribution in [0, 0.1) is 0 Å². The standard InChI is InChI=1S/C20H24O6/c1-3-25-19(20(22)23)11-14-7-9-16(10-8-14)26-13-18(21)15-5-4-6-17(12-15)24-2/h4-10,12,18-19,21H,3,11,13H2,1-2H3,(H,22,23)/t18?,19-/m0/s1. The minimum Gasteiger partial charge on any atom is -0.497 e. The van der Waals surface area contributed by atoms with Crippen molar-refractivity contribution in [3.05, 3.63) is 59.7 Å². The van der Waals surface area contributed by atoms with Gasteiger partial charge in [0.05, 0.1) is 7.11 Å². The van der Waals surface area contributed by atoms with E-state index in [1.54, 1.807) is 50.4 Å². The lowest BCUT2D eigenvalue weighted by atomic mass is 10.1. The Balaban J connectivity index is 1.91. The first-order chi connectivity index (χ1) is 12.5. The Hall–Kier alpha value is -2.57. The number of aliphatic hydroxyl groups excluding tert-OH is 1. The van der Waals surface area contributed by atoms with Crippen molar-refractivity contribution in [2.45, 2.75) is 25.6 Å². The van der Waals surface area contributed by atoms with Crippen LogP contribution in [-0.2, 0) is 16.0 Å². The van der Waals surface area contributed by atoms with Gasteiger partial charge >= 0.3 is 5.97 Å². The van der Waals surface area contributed by atoms with Gasteiger partial charge in [-0.25, -0.2) is 4.79 Å². The number of rotatable bonds is 10. The first kappa shape index (κ1) is 19.8. The zero-order valence-electron chi connectivity index (χ0n) is 14.9. The summed E-state index contributed by atoms with van der Waals surface area (Å²) in [5.74, 6) is 0.292. The number of aliphatic carboxylic acids is 1. The fourth-order valence-corrected chi connectivity index (χ4v) is 2.47. The Morgan fingerprint density at radius 1 is 1.12 bits per heavy atom. The maximum Gasteiger partial charge on any atom is 0.333 e. The van der Waals surface area contributed by atoms with E-state index in [4.69, 9.17) is 19.3 Å². The molecule has 0 spiro atoms. The minimum atomic E-state index is -0.978. The number of carboxylic acid groups (broad SMARTS) is 1. The Kier molecular flexibility index (Phi) is 7.44. The van der Waals surface area contributed by atoms with Crippen molar-refractivity contribution in [1.82, 2.24) is 0 Å². The summed E-state index contributed by atoms with van der Waals surface area (Å²) in [6.07, 6.45) is -1.35. The summed E-state index contributed by atoms with van der Waals surface area (Å²) in [6.45, 7) is 2.21. The van der Waals surface area contributed by atoms with Crippen molar-refractivity contribution in [2.75, 3.05) is 20.3 Å². The molecule has 1 unspecified atom stereocenters. The van der Waals surface area contributed by atoms with Gasteiger partial charge in [0.25, 0.3) is 0 Å². The molecule has 0 bridgehead atoms. The van der Waals surface area contributed by atoms with Gasteiger partial charge in [0.1, 0.15) is 24.2 Å². The van der Waals surface area contributed by atoms with E-state index in [0.29, 0.717) is 23.7 Å². The zero-order valence-corrected chi connectivity index (χ0v) is 14.9. The maximum absolute atomic E-state index is 11.1. The molecule has 140 valence electrons. The van der Waals surface area contributed by atoms with E-state index in [2.05, 4.69) is 0 Å². The molecule has 0 amide bonds. The molecule has 2 aromatic rings. The van der Waals surface area contributed by atoms with E-state index in [1.165, 1.54) is 0 Å². The molecular formula is C20H24O6. The van der Waals surface area contributed by atoms with Crippen molar-refractivity contribution in [3.63, 3.8) is 0 Å². The molecule has 6 heteroatoms. The van der Waals surface area contributed by atoms with E-state index in [1.807, 2.05) is 12.1 Å². The van der Waals surface area contributed by atoms with Gasteiger partial charge in [0.15, 0.2) is 6.10 Å². The number of carboxylic acids is 1. The molecule has 2 atom stereocenters. The van der Waals surface area contributed by atoms with Crippen molar-refractivity contribution >= 4 is 5.97 Å². The van der Waals surface area contributed by atoms with Crippen LogP contribution in [0.4, 0.5) is 0 Å². The summed E-state index contributed by atoms with van der Waals surface area (Å²) in [4.78, 5) is 11.1. The smallest absolute Gasteiger partial charge is 0.333 e. The molecule has 0 aliphatic rings. The molecule has 26 heavy (non-hydrogen) atoms. The normalized spacial score (nSPS) is 13.0. The van der Waals surface area contributed by atoms with Crippen LogP contribution in [0.3, 0.4) is 0 Å². The quantitative estimate of drug-likeness (QED) is 0.678. The molecule has 0 saturated carbocycles. The van der Waals surface area contributed by atoms with E-state index in [0.717, 1.165) is 5.56 Å². The summed E-state index contributed by atoms with van der Waals surface area (Å²) in [5.41, 5.74) is 1.55. The number of hydrogen-bond donors (Lipinski definition) is 2. The van der Waals surface area contributed by atoms with Crippen molar-refractivity contribution < 1.29 is 29.2 Å². The van der Waals surface area contributed by atoms with Gasteiger partial charge in [-0.05, 0) is 42.3 Å². The van der Waals surface area contributed by atoms with Gasteiger partial charge in [0.2, 0.25) is 0 Å². The molecule has 0 aliphatic carbocycles. The lowest BCUT2D eigenvalue weighted by Crippen LogP contribution is -2.26. The van der Waals surface area contributed by atoms with Gasteiger partial charge in [0, 0.05) is 13.0 Å². The van der Waals surface area contributed by atoms with E-state index in [-0.39, 0.29) is 13.0 Å². The predicted octanol–water partition coefficient (Wildman–Crippen LogP) is 2.84. The van der Waals surface area contributed by atoms with Gasteiger partial charge in [-0.3, -0.25) is 0 Å². The molecule has 0 heterocycles. The molecule has 6 nitrogen and oxygen atoms in total. The first-order valence-corrected chi connectivity index (χ1v) is 8.41. The molecular weight excluding hydrogens is 336 g/mol. The number of hydrogen-bond acceptors (Lipinski definition) is 5. The topological polar surface area (TPSA) is 85.2 Å². The van der Waals surface area contributed by atoms with Crippen molar-refractivity contribution in [3.8, 4) is 11.5 Å². The van der Waals surface area contributed by atoms with Crippen LogP contribution in [0.2, 0.25) is 0 Å². The summed E-state index contributed by atoms with van der Waals surface area (Å²) in [7, 11) is 1.57. The molecule has 2 N–H and O–H groups in total. The highest BCUT2D eigenvalue weighted by atomic mass is 16.5. The van der Waals surface area contributed by atoms with E-state index in [9.17, 15) is 9.90 Å². The number of carbonyl (C=O) groups is 1. The molecule has 0 aromatic heterocycles. The SMILES string of the molecule is CCO[C@@H](Cc1ccc(OCC(O)c2cccc(OC)c2)cc1)C(=O)O. The fourth-order valence-electron chi connectivity index (χ4n) is 2.47. The van der Waals surface area contributed by atoms with E-state index < -0.39 is 18.2 Å². The maximum atomic E-state index is 11.1. The lowest BCUT2D eigenvalue weighted by Gasteiger charge is -2.15. The van der Waals surface area contributed by atoms with Gasteiger partial charge < -0.3 is 24.4 Å². The monoisotopic (exact) mass is 360 g/mol. The number of methoxy groups -OCH3 is 1. The lowest BCUT2D eigenvalue weighted by molar-refractivity contribution is -0.149. The van der Waals surface area contributed by atoms with Crippen molar-refractivity contribution in [1.29, 1.82) is 0 Å². The van der Waals surface area contributed by atoms with Crippen LogP contribution >= 0.6 is 0 Å². The van der Waals surface area contributed by atoms with Gasteiger partial charge in [-0.2, -0.15) is 0 Å². The molecule has 2 aromatic carbocycles. The second kappa shape index (κ2) is 9.79. The highest BCUT2D eigenvalue weighted by Gasteiger charge is 2.18. The van der Waals surface area contributed by atoms with Crippen LogP contribution in [0.5, 0.6) is 11.5 Å². The molecule has 2 rings (SSSR count). The second-order valence-corrected chi connectivity index (χ2v) is 5.73. The third-order valence-electron chi connectivity index (χ3n) is 3.87. The average molecular weight is 360 g/mol. The number of aliphatic hydroxyl groups is 1. The summed E-state index contributed by atoms with van der Waals surface area (Å²) < 4.78 is 16.0. The molecule has 0 saturated heterocycles. The number of ether oxygens (including phenoxy) is 3. The van der Waals surface area contributed by atoms with Gasteiger partial charge in [-0.15, -0.1) is 0 Å². The number of benzene rings is 2. The first-order valence-electron chi connectivity index (χ1n) is 8.41. The Bertz CT molecular complexity index is 698. The predicted molar refractivity (Wildman–Crippen MR) is 96.6 cm³/mol. The summed E-state index contributed by atoms with van der Waals surface area (Å²) >= 11 is 0. The fraction of sp³-hybridized carbons (Fsp3) is 0.350. The zero-order chi connectivity index (χ0) is 18.9. The average Bonchev–Trinajstić information content (AvgIpc) is 2.66. The largest absolute Gasteiger partial charge is 0.497 e. The molecule has 0 fully saturated rings. The van der Waals surface area contributed by atoms with Crippen molar-refractivity contribution in [2.24, 2.45) is 0 Å². The third-order valence-corrected chi connectivity index (χ3v) is 3.87.